The molecule has 1 aromatic carbocycles. The predicted molar refractivity (Wildman–Crippen MR) is 105 cm³/mol. The molecule has 5 heteroatoms. The van der Waals surface area contributed by atoms with Crippen molar-refractivity contribution in [2.75, 3.05) is 6.54 Å². The Balaban J connectivity index is 2.09. The van der Waals surface area contributed by atoms with Crippen molar-refractivity contribution in [2.45, 2.75) is 64.3 Å². The van der Waals surface area contributed by atoms with Crippen LogP contribution in [0.25, 0.3) is 0 Å². The van der Waals surface area contributed by atoms with Crippen LogP contribution in [0.2, 0.25) is 0 Å². The lowest BCUT2D eigenvalue weighted by molar-refractivity contribution is 0.332. The average Bonchev–Trinajstić information content (AvgIpc) is 2.79. The molecule has 2 heterocycles. The minimum atomic E-state index is -3.51. The van der Waals surface area contributed by atoms with Crippen LogP contribution in [0.4, 0.5) is 0 Å². The van der Waals surface area contributed by atoms with Crippen molar-refractivity contribution in [1.82, 2.24) is 4.31 Å². The molecule has 1 fully saturated rings. The van der Waals surface area contributed by atoms with Crippen LogP contribution in [0, 0.1) is 27.7 Å². The van der Waals surface area contributed by atoms with Crippen LogP contribution in [-0.2, 0) is 10.0 Å². The molecule has 25 heavy (non-hydrogen) atoms. The van der Waals surface area contributed by atoms with Gasteiger partial charge in [-0.05, 0) is 63.8 Å². The molecule has 0 radical (unpaired) electrons. The van der Waals surface area contributed by atoms with Gasteiger partial charge >= 0.3 is 0 Å². The summed E-state index contributed by atoms with van der Waals surface area (Å²) in [5, 5.41) is 0. The number of aryl methyl sites for hydroxylation is 4. The monoisotopic (exact) mass is 377 g/mol. The van der Waals surface area contributed by atoms with E-state index in [0.29, 0.717) is 11.4 Å². The van der Waals surface area contributed by atoms with E-state index in [0.717, 1.165) is 42.4 Å². The molecule has 1 aliphatic rings. The van der Waals surface area contributed by atoms with Crippen molar-refractivity contribution in [3.63, 3.8) is 0 Å². The number of thiophene rings is 1. The van der Waals surface area contributed by atoms with Crippen molar-refractivity contribution in [3.8, 4) is 0 Å². The average molecular weight is 378 g/mol. The summed E-state index contributed by atoms with van der Waals surface area (Å²) < 4.78 is 29.0. The first-order valence-corrected chi connectivity index (χ1v) is 11.2. The summed E-state index contributed by atoms with van der Waals surface area (Å²) in [6.45, 7) is 8.53. The van der Waals surface area contributed by atoms with Crippen LogP contribution < -0.4 is 0 Å². The maximum atomic E-state index is 13.6. The molecule has 2 aromatic rings. The Kier molecular flexibility index (Phi) is 5.37. The summed E-state index contributed by atoms with van der Waals surface area (Å²) in [6, 6.07) is 8.11. The zero-order chi connectivity index (χ0) is 18.2. The lowest BCUT2D eigenvalue weighted by atomic mass is 10.1. The largest absolute Gasteiger partial charge is 0.244 e. The zero-order valence-corrected chi connectivity index (χ0v) is 17.1. The third kappa shape index (κ3) is 3.69. The SMILES string of the molecule is Cc1cc(C)c(S(=O)(=O)N2CCCCCC2c2ccc(C)s2)c(C)c1. The highest BCUT2D eigenvalue weighted by molar-refractivity contribution is 7.89. The van der Waals surface area contributed by atoms with Crippen LogP contribution in [-0.4, -0.2) is 19.3 Å². The van der Waals surface area contributed by atoms with Gasteiger partial charge in [0.1, 0.15) is 0 Å². The number of rotatable bonds is 3. The fraction of sp³-hybridized carbons (Fsp3) is 0.500. The molecule has 0 bridgehead atoms. The van der Waals surface area contributed by atoms with Crippen molar-refractivity contribution < 1.29 is 8.42 Å². The second-order valence-corrected chi connectivity index (χ2v) is 10.3. The van der Waals surface area contributed by atoms with Crippen molar-refractivity contribution >= 4 is 21.4 Å². The van der Waals surface area contributed by atoms with E-state index in [-0.39, 0.29) is 6.04 Å². The van der Waals surface area contributed by atoms with Gasteiger partial charge in [-0.25, -0.2) is 8.42 Å². The summed E-state index contributed by atoms with van der Waals surface area (Å²) in [4.78, 5) is 2.91. The molecule has 0 N–H and O–H groups in total. The Bertz CT molecular complexity index is 845. The highest BCUT2D eigenvalue weighted by Gasteiger charge is 2.35. The molecule has 0 amide bonds. The Labute approximate surface area is 155 Å². The molecule has 1 aromatic heterocycles. The second-order valence-electron chi connectivity index (χ2n) is 7.16. The van der Waals surface area contributed by atoms with Gasteiger partial charge in [-0.3, -0.25) is 0 Å². The fourth-order valence-corrected chi connectivity index (χ4v) is 7.16. The van der Waals surface area contributed by atoms with Gasteiger partial charge in [-0.15, -0.1) is 11.3 Å². The van der Waals surface area contributed by atoms with E-state index in [1.807, 2.05) is 32.9 Å². The number of benzene rings is 1. The fourth-order valence-electron chi connectivity index (χ4n) is 3.98. The highest BCUT2D eigenvalue weighted by atomic mass is 32.2. The summed E-state index contributed by atoms with van der Waals surface area (Å²) >= 11 is 1.72. The first-order valence-electron chi connectivity index (χ1n) is 8.97. The molecule has 3 rings (SSSR count). The first kappa shape index (κ1) is 18.6. The van der Waals surface area contributed by atoms with E-state index in [1.165, 1.54) is 9.75 Å². The van der Waals surface area contributed by atoms with E-state index < -0.39 is 10.0 Å². The van der Waals surface area contributed by atoms with Gasteiger partial charge in [0, 0.05) is 16.3 Å². The van der Waals surface area contributed by atoms with Gasteiger partial charge < -0.3 is 0 Å². The number of hydrogen-bond donors (Lipinski definition) is 0. The molecule has 1 saturated heterocycles. The molecule has 0 spiro atoms. The Morgan fingerprint density at radius 2 is 1.68 bits per heavy atom. The molecule has 136 valence electrons. The molecular weight excluding hydrogens is 350 g/mol. The quantitative estimate of drug-likeness (QED) is 0.729. The molecule has 1 aliphatic heterocycles. The molecule has 1 atom stereocenters. The Morgan fingerprint density at radius 3 is 2.28 bits per heavy atom. The lowest BCUT2D eigenvalue weighted by Crippen LogP contribution is -2.35. The third-order valence-electron chi connectivity index (χ3n) is 4.96. The normalized spacial score (nSPS) is 19.8. The van der Waals surface area contributed by atoms with Gasteiger partial charge in [0.2, 0.25) is 10.0 Å². The molecular formula is C20H27NO2S2. The minimum Gasteiger partial charge on any atom is -0.207 e. The highest BCUT2D eigenvalue weighted by Crippen LogP contribution is 2.38. The van der Waals surface area contributed by atoms with Gasteiger partial charge in [0.25, 0.3) is 0 Å². The molecule has 0 aliphatic carbocycles. The third-order valence-corrected chi connectivity index (χ3v) is 8.28. The van der Waals surface area contributed by atoms with Crippen LogP contribution in [0.1, 0.15) is 58.2 Å². The predicted octanol–water partition coefficient (Wildman–Crippen LogP) is 5.29. The summed E-state index contributed by atoms with van der Waals surface area (Å²) in [5.41, 5.74) is 2.81. The zero-order valence-electron chi connectivity index (χ0n) is 15.5. The number of sulfonamides is 1. The Morgan fingerprint density at radius 1 is 1.00 bits per heavy atom. The summed E-state index contributed by atoms with van der Waals surface area (Å²) in [7, 11) is -3.51. The van der Waals surface area contributed by atoms with E-state index >= 15 is 0 Å². The van der Waals surface area contributed by atoms with Gasteiger partial charge in [-0.2, -0.15) is 4.31 Å². The maximum Gasteiger partial charge on any atom is 0.244 e. The maximum absolute atomic E-state index is 13.6. The second kappa shape index (κ2) is 7.22. The van der Waals surface area contributed by atoms with Crippen molar-refractivity contribution in [2.24, 2.45) is 0 Å². The topological polar surface area (TPSA) is 37.4 Å². The van der Waals surface area contributed by atoms with Gasteiger partial charge in [-0.1, -0.05) is 30.5 Å². The smallest absolute Gasteiger partial charge is 0.207 e. The van der Waals surface area contributed by atoms with Crippen LogP contribution >= 0.6 is 11.3 Å². The van der Waals surface area contributed by atoms with Crippen LogP contribution in [0.5, 0.6) is 0 Å². The van der Waals surface area contributed by atoms with E-state index in [4.69, 9.17) is 0 Å². The van der Waals surface area contributed by atoms with Gasteiger partial charge in [0.15, 0.2) is 0 Å². The van der Waals surface area contributed by atoms with E-state index in [9.17, 15) is 8.42 Å². The summed E-state index contributed by atoms with van der Waals surface area (Å²) in [6.07, 6.45) is 4.02. The molecule has 3 nitrogen and oxygen atoms in total. The summed E-state index contributed by atoms with van der Waals surface area (Å²) in [5.74, 6) is 0. The van der Waals surface area contributed by atoms with Crippen molar-refractivity contribution in [3.05, 3.63) is 50.7 Å². The minimum absolute atomic E-state index is 0.0358. The van der Waals surface area contributed by atoms with Crippen LogP contribution in [0.15, 0.2) is 29.2 Å². The standard InChI is InChI=1S/C20H27NO2S2/c1-14-12-15(2)20(16(3)13-14)25(22,23)21-11-7-5-6-8-18(21)19-10-9-17(4)24-19/h9-10,12-13,18H,5-8,11H2,1-4H3. The Hall–Kier alpha value is -1.17. The van der Waals surface area contributed by atoms with Gasteiger partial charge in [0.05, 0.1) is 10.9 Å². The lowest BCUT2D eigenvalue weighted by Gasteiger charge is -2.30. The van der Waals surface area contributed by atoms with E-state index in [1.54, 1.807) is 15.6 Å². The molecule has 0 saturated carbocycles. The number of hydrogen-bond acceptors (Lipinski definition) is 3. The first-order chi connectivity index (χ1) is 11.8. The number of nitrogens with zero attached hydrogens (tertiary/aromatic N) is 1. The van der Waals surface area contributed by atoms with Crippen LogP contribution in [0.3, 0.4) is 0 Å². The van der Waals surface area contributed by atoms with Crippen molar-refractivity contribution in [1.29, 1.82) is 0 Å². The van der Waals surface area contributed by atoms with E-state index in [2.05, 4.69) is 19.1 Å². The molecule has 1 unspecified atom stereocenters.